The fourth-order valence-corrected chi connectivity index (χ4v) is 3.22. The van der Waals surface area contributed by atoms with Crippen molar-refractivity contribution in [2.24, 2.45) is 10.7 Å². The normalized spacial score (nSPS) is 14.9. The van der Waals surface area contributed by atoms with Crippen LogP contribution in [0.2, 0.25) is 5.02 Å². The second-order valence-electron chi connectivity index (χ2n) is 6.96. The maximum atomic E-state index is 12.9. The van der Waals surface area contributed by atoms with E-state index in [9.17, 15) is 24.0 Å². The predicted molar refractivity (Wildman–Crippen MR) is 120 cm³/mol. The SMILES string of the molecule is CC(=O)Oc1cc(OC(C)=O)cc(C(=O)N=C2C(=O)N(C)C(=O)[N+](c3ccccc3Cl)=C2N)c1. The van der Waals surface area contributed by atoms with Crippen molar-refractivity contribution in [1.29, 1.82) is 0 Å². The summed E-state index contributed by atoms with van der Waals surface area (Å²) in [6.45, 7) is 2.29. The number of benzene rings is 2. The Hall–Kier alpha value is -4.38. The zero-order valence-corrected chi connectivity index (χ0v) is 19.0. The lowest BCUT2D eigenvalue weighted by Gasteiger charge is -2.20. The fraction of sp³-hybridized carbons (Fsp3) is 0.136. The Morgan fingerprint density at radius 3 is 2.09 bits per heavy atom. The van der Waals surface area contributed by atoms with Crippen LogP contribution in [0.3, 0.4) is 0 Å². The lowest BCUT2D eigenvalue weighted by atomic mass is 10.1. The molecular weight excluding hydrogens is 468 g/mol. The van der Waals surface area contributed by atoms with Gasteiger partial charge in [0.1, 0.15) is 17.2 Å². The van der Waals surface area contributed by atoms with E-state index < -0.39 is 41.3 Å². The number of nitrogens with zero attached hydrogens (tertiary/aromatic N) is 3. The highest BCUT2D eigenvalue weighted by Gasteiger charge is 2.42. The number of urea groups is 1. The number of halogens is 1. The molecule has 0 saturated heterocycles. The summed E-state index contributed by atoms with van der Waals surface area (Å²) in [5.41, 5.74) is 5.57. The minimum absolute atomic E-state index is 0.0910. The van der Waals surface area contributed by atoms with Gasteiger partial charge in [0.05, 0.1) is 12.1 Å². The monoisotopic (exact) mass is 485 g/mol. The Morgan fingerprint density at radius 2 is 1.56 bits per heavy atom. The highest BCUT2D eigenvalue weighted by atomic mass is 35.5. The molecule has 2 N–H and O–H groups in total. The first-order valence-electron chi connectivity index (χ1n) is 9.64. The van der Waals surface area contributed by atoms with Crippen molar-refractivity contribution >= 4 is 58.6 Å². The Labute approximate surface area is 198 Å². The van der Waals surface area contributed by atoms with E-state index in [0.717, 1.165) is 23.3 Å². The number of hydrogen-bond acceptors (Lipinski definition) is 8. The molecule has 12 heteroatoms. The quantitative estimate of drug-likeness (QED) is 0.393. The zero-order valence-electron chi connectivity index (χ0n) is 18.2. The summed E-state index contributed by atoms with van der Waals surface area (Å²) in [5, 5.41) is 0.173. The largest absolute Gasteiger partial charge is 0.451 e. The average molecular weight is 486 g/mol. The lowest BCUT2D eigenvalue weighted by Crippen LogP contribution is -2.55. The smallest absolute Gasteiger partial charge is 0.427 e. The average Bonchev–Trinajstić information content (AvgIpc) is 2.75. The molecule has 1 heterocycles. The highest BCUT2D eigenvalue weighted by molar-refractivity contribution is 6.68. The Morgan fingerprint density at radius 1 is 1.00 bits per heavy atom. The Balaban J connectivity index is 2.13. The van der Waals surface area contributed by atoms with Crippen LogP contribution in [-0.2, 0) is 14.4 Å². The van der Waals surface area contributed by atoms with Crippen molar-refractivity contribution < 1.29 is 38.0 Å². The molecule has 4 amide bonds. The summed E-state index contributed by atoms with van der Waals surface area (Å²) in [4.78, 5) is 65.6. The number of imide groups is 1. The van der Waals surface area contributed by atoms with Crippen molar-refractivity contribution in [2.45, 2.75) is 13.8 Å². The molecule has 2 aromatic rings. The van der Waals surface area contributed by atoms with E-state index in [0.29, 0.717) is 0 Å². The lowest BCUT2D eigenvalue weighted by molar-refractivity contribution is -0.342. The number of ether oxygens (including phenoxy) is 2. The van der Waals surface area contributed by atoms with Crippen LogP contribution in [0.25, 0.3) is 0 Å². The van der Waals surface area contributed by atoms with E-state index in [-0.39, 0.29) is 27.8 Å². The van der Waals surface area contributed by atoms with Gasteiger partial charge in [-0.05, 0) is 24.3 Å². The van der Waals surface area contributed by atoms with Crippen LogP contribution in [0.1, 0.15) is 24.2 Å². The number of rotatable bonds is 4. The number of aliphatic imine (C=N–C) groups is 1. The van der Waals surface area contributed by atoms with Crippen LogP contribution < -0.4 is 15.2 Å². The molecule has 174 valence electrons. The molecule has 1 aliphatic rings. The summed E-state index contributed by atoms with van der Waals surface area (Å²) < 4.78 is 10.9. The summed E-state index contributed by atoms with van der Waals surface area (Å²) >= 11 is 6.18. The van der Waals surface area contributed by atoms with Gasteiger partial charge in [0.25, 0.3) is 11.7 Å². The molecule has 11 nitrogen and oxygen atoms in total. The van der Waals surface area contributed by atoms with Crippen LogP contribution in [0.4, 0.5) is 10.5 Å². The maximum absolute atomic E-state index is 12.9. The van der Waals surface area contributed by atoms with Crippen LogP contribution in [0.15, 0.2) is 47.5 Å². The number of nitrogens with two attached hydrogens (primary N) is 1. The van der Waals surface area contributed by atoms with Gasteiger partial charge in [-0.1, -0.05) is 23.7 Å². The Kier molecular flexibility index (Phi) is 6.87. The third-order valence-electron chi connectivity index (χ3n) is 4.43. The molecule has 3 rings (SSSR count). The first-order valence-corrected chi connectivity index (χ1v) is 10.0. The molecule has 0 unspecified atom stereocenters. The summed E-state index contributed by atoms with van der Waals surface area (Å²) in [7, 11) is 1.20. The van der Waals surface area contributed by atoms with E-state index in [4.69, 9.17) is 26.8 Å². The van der Waals surface area contributed by atoms with Crippen molar-refractivity contribution in [3.8, 4) is 11.5 Å². The highest BCUT2D eigenvalue weighted by Crippen LogP contribution is 2.27. The fourth-order valence-electron chi connectivity index (χ4n) is 3.00. The van der Waals surface area contributed by atoms with E-state index in [2.05, 4.69) is 4.99 Å². The molecule has 0 atom stereocenters. The van der Waals surface area contributed by atoms with Gasteiger partial charge >= 0.3 is 23.9 Å². The van der Waals surface area contributed by atoms with Crippen molar-refractivity contribution in [2.75, 3.05) is 7.05 Å². The van der Waals surface area contributed by atoms with E-state index >= 15 is 0 Å². The van der Waals surface area contributed by atoms with Gasteiger partial charge in [-0.25, -0.2) is 9.59 Å². The second kappa shape index (κ2) is 9.63. The molecule has 0 fully saturated rings. The van der Waals surface area contributed by atoms with Gasteiger partial charge in [-0.2, -0.15) is 14.5 Å². The van der Waals surface area contributed by atoms with Crippen LogP contribution >= 0.6 is 11.6 Å². The summed E-state index contributed by atoms with van der Waals surface area (Å²) in [5.74, 6) is -3.85. The van der Waals surface area contributed by atoms with Crippen molar-refractivity contribution in [1.82, 2.24) is 4.90 Å². The minimum Gasteiger partial charge on any atom is -0.427 e. The van der Waals surface area contributed by atoms with E-state index in [1.165, 1.54) is 37.4 Å². The standard InChI is InChI=1S/C22H17ClN4O7/c1-11(28)33-14-8-13(9-15(10-14)34-12(2)29)20(30)25-18-19(24)27(22(32)26(3)21(18)31)17-7-5-4-6-16(17)23/h4-10,24H,1-3H3/p+1. The molecule has 34 heavy (non-hydrogen) atoms. The van der Waals surface area contributed by atoms with Gasteiger partial charge in [-0.15, -0.1) is 0 Å². The first kappa shape index (κ1) is 24.3. The van der Waals surface area contributed by atoms with E-state index in [1.54, 1.807) is 12.1 Å². The third kappa shape index (κ3) is 4.99. The van der Waals surface area contributed by atoms with E-state index in [1.807, 2.05) is 0 Å². The third-order valence-corrected chi connectivity index (χ3v) is 4.75. The number of amidine groups is 1. The first-order chi connectivity index (χ1) is 16.0. The molecule has 0 aromatic heterocycles. The van der Waals surface area contributed by atoms with Crippen molar-refractivity contribution in [3.63, 3.8) is 0 Å². The number of para-hydroxylation sites is 1. The van der Waals surface area contributed by atoms with Crippen molar-refractivity contribution in [3.05, 3.63) is 53.1 Å². The van der Waals surface area contributed by atoms with Gasteiger partial charge in [0.2, 0.25) is 5.71 Å². The maximum Gasteiger partial charge on any atom is 0.451 e. The molecular formula is C22H18ClN4O7+. The van der Waals surface area contributed by atoms with Crippen LogP contribution in [-0.4, -0.2) is 57.9 Å². The number of carbonyl (C=O) groups is 5. The topological polar surface area (TPSA) is 148 Å². The van der Waals surface area contributed by atoms with Gasteiger partial charge in [0, 0.05) is 25.5 Å². The second-order valence-corrected chi connectivity index (χ2v) is 7.37. The molecule has 0 spiro atoms. The van der Waals surface area contributed by atoms with Gasteiger partial charge < -0.3 is 15.2 Å². The molecule has 0 saturated carbocycles. The number of carbonyl (C=O) groups excluding carboxylic acids is 5. The molecule has 0 aliphatic carbocycles. The van der Waals surface area contributed by atoms with Gasteiger partial charge in [0.15, 0.2) is 0 Å². The predicted octanol–water partition coefficient (Wildman–Crippen LogP) is 2.07. The Bertz CT molecular complexity index is 1280. The number of esters is 2. The van der Waals surface area contributed by atoms with Crippen LogP contribution in [0, 0.1) is 0 Å². The summed E-state index contributed by atoms with van der Waals surface area (Å²) in [6.07, 6.45) is 0. The molecule has 0 bridgehead atoms. The zero-order chi connectivity index (χ0) is 25.2. The van der Waals surface area contributed by atoms with Crippen LogP contribution in [0.5, 0.6) is 11.5 Å². The molecule has 2 aromatic carbocycles. The van der Waals surface area contributed by atoms with Gasteiger partial charge in [-0.3, -0.25) is 14.4 Å². The molecule has 0 radical (unpaired) electrons. The summed E-state index contributed by atoms with van der Waals surface area (Å²) in [6, 6.07) is 9.05. The number of hydrogen-bond donors (Lipinski definition) is 1. The minimum atomic E-state index is -0.976. The molecule has 1 aliphatic heterocycles. The number of amides is 4.